The molecule has 3 heterocycles. The normalized spacial score (nSPS) is 19.3. The van der Waals surface area contributed by atoms with E-state index in [1.165, 1.54) is 5.56 Å². The number of hydrogen-bond donors (Lipinski definition) is 1. The van der Waals surface area contributed by atoms with E-state index < -0.39 is 0 Å². The first-order valence-electron chi connectivity index (χ1n) is 10.1. The number of benzene rings is 2. The molecular formula is C23H23N5O2. The van der Waals surface area contributed by atoms with Gasteiger partial charge in [-0.1, -0.05) is 42.5 Å². The number of aromatic amines is 1. The first kappa shape index (κ1) is 18.6. The van der Waals surface area contributed by atoms with E-state index in [1.54, 1.807) is 10.9 Å². The number of nitrogens with zero attached hydrogens (tertiary/aromatic N) is 4. The molecule has 152 valence electrons. The molecule has 0 amide bonds. The van der Waals surface area contributed by atoms with E-state index in [1.807, 2.05) is 42.5 Å². The number of rotatable bonds is 3. The number of fused-ring (bicyclic) bond motifs is 1. The second kappa shape index (κ2) is 7.42. The van der Waals surface area contributed by atoms with E-state index in [9.17, 15) is 4.79 Å². The van der Waals surface area contributed by atoms with Gasteiger partial charge in [-0.3, -0.25) is 9.78 Å². The predicted octanol–water partition coefficient (Wildman–Crippen LogP) is 3.38. The number of aromatic nitrogens is 4. The van der Waals surface area contributed by atoms with Gasteiger partial charge in [-0.05, 0) is 37.1 Å². The minimum absolute atomic E-state index is 0.0811. The Labute approximate surface area is 173 Å². The average Bonchev–Trinajstić information content (AvgIpc) is 3.20. The van der Waals surface area contributed by atoms with Crippen LogP contribution in [0, 0.1) is 6.92 Å². The molecule has 1 saturated heterocycles. The van der Waals surface area contributed by atoms with Crippen LogP contribution in [0.15, 0.2) is 65.6 Å². The Morgan fingerprint density at radius 3 is 2.67 bits per heavy atom. The van der Waals surface area contributed by atoms with Crippen molar-refractivity contribution >= 4 is 17.0 Å². The van der Waals surface area contributed by atoms with Gasteiger partial charge in [0.2, 0.25) is 5.95 Å². The van der Waals surface area contributed by atoms with Gasteiger partial charge >= 0.3 is 0 Å². The standard InChI is InChI=1S/C23H23N5O2/c1-15-8-6-7-11-18(15)20-13-27(16(2)14-30-20)23-25-21-19(22(29)26-23)12-24-28(21)17-9-4-3-5-10-17/h3-12,16,20H,13-14H2,1-2H3,(H,25,26,29). The lowest BCUT2D eigenvalue weighted by molar-refractivity contribution is 0.0205. The van der Waals surface area contributed by atoms with Crippen molar-refractivity contribution in [1.29, 1.82) is 0 Å². The Morgan fingerprint density at radius 2 is 1.87 bits per heavy atom. The molecule has 2 unspecified atom stereocenters. The number of anilines is 1. The van der Waals surface area contributed by atoms with Gasteiger partial charge in [-0.25, -0.2) is 4.68 Å². The minimum atomic E-state index is -0.191. The molecule has 7 heteroatoms. The molecule has 1 aliphatic heterocycles. The van der Waals surface area contributed by atoms with Gasteiger partial charge in [0.15, 0.2) is 5.65 Å². The molecule has 0 spiro atoms. The monoisotopic (exact) mass is 401 g/mol. The van der Waals surface area contributed by atoms with Crippen LogP contribution in [0.5, 0.6) is 0 Å². The topological polar surface area (TPSA) is 76.0 Å². The summed E-state index contributed by atoms with van der Waals surface area (Å²) in [5, 5.41) is 4.87. The van der Waals surface area contributed by atoms with Gasteiger partial charge in [0.05, 0.1) is 31.1 Å². The molecule has 0 radical (unpaired) electrons. The number of nitrogens with one attached hydrogen (secondary N) is 1. The molecule has 0 saturated carbocycles. The first-order valence-corrected chi connectivity index (χ1v) is 10.1. The number of H-pyrrole nitrogens is 1. The SMILES string of the molecule is Cc1ccccc1C1CN(c2nc3c(cnn3-c3ccccc3)c(=O)[nH]2)C(C)CO1. The van der Waals surface area contributed by atoms with Gasteiger partial charge < -0.3 is 9.64 Å². The van der Waals surface area contributed by atoms with Crippen molar-refractivity contribution in [1.82, 2.24) is 19.7 Å². The zero-order chi connectivity index (χ0) is 20.7. The molecule has 2 aromatic heterocycles. The van der Waals surface area contributed by atoms with Crippen LogP contribution in [-0.4, -0.2) is 38.9 Å². The quantitative estimate of drug-likeness (QED) is 0.570. The number of ether oxygens (including phenoxy) is 1. The van der Waals surface area contributed by atoms with E-state index in [0.717, 1.165) is 11.3 Å². The van der Waals surface area contributed by atoms with Crippen molar-refractivity contribution in [2.24, 2.45) is 0 Å². The zero-order valence-corrected chi connectivity index (χ0v) is 16.9. The zero-order valence-electron chi connectivity index (χ0n) is 16.9. The highest BCUT2D eigenvalue weighted by Gasteiger charge is 2.30. The summed E-state index contributed by atoms with van der Waals surface area (Å²) in [5.41, 5.74) is 3.57. The number of morpholine rings is 1. The summed E-state index contributed by atoms with van der Waals surface area (Å²) in [6.45, 7) is 5.33. The molecule has 5 rings (SSSR count). The third-order valence-corrected chi connectivity index (χ3v) is 5.67. The second-order valence-electron chi connectivity index (χ2n) is 7.70. The smallest absolute Gasteiger partial charge is 0.263 e. The van der Waals surface area contributed by atoms with Gasteiger partial charge in [0.25, 0.3) is 5.56 Å². The fraction of sp³-hybridized carbons (Fsp3) is 0.261. The maximum Gasteiger partial charge on any atom is 0.263 e. The van der Waals surface area contributed by atoms with Crippen molar-refractivity contribution in [2.75, 3.05) is 18.1 Å². The molecule has 1 fully saturated rings. The predicted molar refractivity (Wildman–Crippen MR) is 116 cm³/mol. The number of hydrogen-bond acceptors (Lipinski definition) is 5. The van der Waals surface area contributed by atoms with Gasteiger partial charge in [0.1, 0.15) is 11.5 Å². The molecule has 0 aliphatic carbocycles. The Bertz CT molecular complexity index is 1250. The summed E-state index contributed by atoms with van der Waals surface area (Å²) in [5.74, 6) is 0.541. The summed E-state index contributed by atoms with van der Waals surface area (Å²) in [4.78, 5) is 22.7. The number of aryl methyl sites for hydroxylation is 1. The van der Waals surface area contributed by atoms with E-state index in [0.29, 0.717) is 30.1 Å². The fourth-order valence-electron chi connectivity index (χ4n) is 3.99. The summed E-state index contributed by atoms with van der Waals surface area (Å²) >= 11 is 0. The van der Waals surface area contributed by atoms with E-state index in [4.69, 9.17) is 9.72 Å². The molecular weight excluding hydrogens is 378 g/mol. The van der Waals surface area contributed by atoms with Crippen LogP contribution in [0.4, 0.5) is 5.95 Å². The molecule has 30 heavy (non-hydrogen) atoms. The Balaban J connectivity index is 1.56. The maximum atomic E-state index is 12.8. The second-order valence-corrected chi connectivity index (χ2v) is 7.70. The lowest BCUT2D eigenvalue weighted by atomic mass is 10.0. The van der Waals surface area contributed by atoms with Crippen LogP contribution in [0.3, 0.4) is 0 Å². The number of para-hydroxylation sites is 1. The van der Waals surface area contributed by atoms with Crippen molar-refractivity contribution in [3.63, 3.8) is 0 Å². The molecule has 7 nitrogen and oxygen atoms in total. The Kier molecular flexibility index (Phi) is 4.59. The lowest BCUT2D eigenvalue weighted by Crippen LogP contribution is -2.46. The van der Waals surface area contributed by atoms with Crippen LogP contribution >= 0.6 is 0 Å². The van der Waals surface area contributed by atoms with Crippen molar-refractivity contribution in [3.05, 3.63) is 82.3 Å². The van der Waals surface area contributed by atoms with Gasteiger partial charge in [-0.15, -0.1) is 0 Å². The molecule has 2 atom stereocenters. The third-order valence-electron chi connectivity index (χ3n) is 5.67. The van der Waals surface area contributed by atoms with Crippen LogP contribution in [-0.2, 0) is 4.74 Å². The van der Waals surface area contributed by atoms with Gasteiger partial charge in [0, 0.05) is 0 Å². The molecule has 0 bridgehead atoms. The van der Waals surface area contributed by atoms with Crippen LogP contribution < -0.4 is 10.5 Å². The van der Waals surface area contributed by atoms with E-state index in [-0.39, 0.29) is 17.7 Å². The minimum Gasteiger partial charge on any atom is -0.370 e. The van der Waals surface area contributed by atoms with Crippen molar-refractivity contribution in [3.8, 4) is 5.69 Å². The van der Waals surface area contributed by atoms with E-state index >= 15 is 0 Å². The Morgan fingerprint density at radius 1 is 1.10 bits per heavy atom. The van der Waals surface area contributed by atoms with Crippen LogP contribution in [0.2, 0.25) is 0 Å². The van der Waals surface area contributed by atoms with Gasteiger partial charge in [-0.2, -0.15) is 10.1 Å². The average molecular weight is 401 g/mol. The van der Waals surface area contributed by atoms with Crippen LogP contribution in [0.25, 0.3) is 16.7 Å². The van der Waals surface area contributed by atoms with E-state index in [2.05, 4.69) is 41.0 Å². The molecule has 1 N–H and O–H groups in total. The van der Waals surface area contributed by atoms with Crippen molar-refractivity contribution in [2.45, 2.75) is 26.0 Å². The summed E-state index contributed by atoms with van der Waals surface area (Å²) < 4.78 is 7.83. The van der Waals surface area contributed by atoms with Crippen molar-refractivity contribution < 1.29 is 4.74 Å². The third kappa shape index (κ3) is 3.17. The summed E-state index contributed by atoms with van der Waals surface area (Å²) in [6, 6.07) is 18.0. The lowest BCUT2D eigenvalue weighted by Gasteiger charge is -2.38. The summed E-state index contributed by atoms with van der Waals surface area (Å²) in [6.07, 6.45) is 1.49. The highest BCUT2D eigenvalue weighted by molar-refractivity contribution is 5.76. The molecule has 2 aromatic carbocycles. The maximum absolute atomic E-state index is 12.8. The Hall–Kier alpha value is -3.45. The largest absolute Gasteiger partial charge is 0.370 e. The molecule has 1 aliphatic rings. The first-order chi connectivity index (χ1) is 14.6. The van der Waals surface area contributed by atoms with Crippen LogP contribution in [0.1, 0.15) is 24.2 Å². The fourth-order valence-corrected chi connectivity index (χ4v) is 3.99. The summed E-state index contributed by atoms with van der Waals surface area (Å²) in [7, 11) is 0. The highest BCUT2D eigenvalue weighted by atomic mass is 16.5. The molecule has 4 aromatic rings. The highest BCUT2D eigenvalue weighted by Crippen LogP contribution is 2.29.